The fourth-order valence-corrected chi connectivity index (χ4v) is 3.56. The first-order valence-corrected chi connectivity index (χ1v) is 7.70. The first kappa shape index (κ1) is 12.2. The quantitative estimate of drug-likeness (QED) is 0.853. The van der Waals surface area contributed by atoms with Crippen molar-refractivity contribution < 1.29 is 9.47 Å². The van der Waals surface area contributed by atoms with Gasteiger partial charge in [0.2, 0.25) is 0 Å². The van der Waals surface area contributed by atoms with Crippen molar-refractivity contribution in [3.8, 4) is 11.5 Å². The number of hydrogen-bond donors (Lipinski definition) is 1. The third-order valence-corrected chi connectivity index (χ3v) is 4.91. The summed E-state index contributed by atoms with van der Waals surface area (Å²) in [5.74, 6) is 1.76. The van der Waals surface area contributed by atoms with Crippen molar-refractivity contribution in [3.63, 3.8) is 0 Å². The van der Waals surface area contributed by atoms with Crippen LogP contribution in [0.1, 0.15) is 24.8 Å². The monoisotopic (exact) mass is 265 g/mol. The summed E-state index contributed by atoms with van der Waals surface area (Å²) in [5, 5.41) is 0. The Morgan fingerprint density at radius 1 is 1.22 bits per heavy atom. The van der Waals surface area contributed by atoms with Gasteiger partial charge in [0.1, 0.15) is 13.2 Å². The van der Waals surface area contributed by atoms with Crippen molar-refractivity contribution in [2.24, 2.45) is 5.73 Å². The summed E-state index contributed by atoms with van der Waals surface area (Å²) in [6.45, 7) is 2.00. The number of nitrogens with two attached hydrogens (primary N) is 1. The SMILES string of the molecule is CSc1cc2c(cc1C1(CN)CCC1)OCCO2. The lowest BCUT2D eigenvalue weighted by Crippen LogP contribution is -2.42. The summed E-state index contributed by atoms with van der Waals surface area (Å²) in [4.78, 5) is 1.28. The van der Waals surface area contributed by atoms with E-state index in [1.54, 1.807) is 11.8 Å². The smallest absolute Gasteiger partial charge is 0.162 e. The molecule has 1 saturated carbocycles. The molecule has 4 heteroatoms. The molecule has 0 aromatic heterocycles. The van der Waals surface area contributed by atoms with Crippen LogP contribution >= 0.6 is 11.8 Å². The molecule has 1 fully saturated rings. The van der Waals surface area contributed by atoms with Gasteiger partial charge in [-0.25, -0.2) is 0 Å². The van der Waals surface area contributed by atoms with E-state index in [-0.39, 0.29) is 5.41 Å². The first-order chi connectivity index (χ1) is 8.79. The average molecular weight is 265 g/mol. The lowest BCUT2D eigenvalue weighted by molar-refractivity contribution is 0.169. The predicted octanol–water partition coefficient (Wildman–Crippen LogP) is 2.56. The van der Waals surface area contributed by atoms with Gasteiger partial charge in [-0.15, -0.1) is 11.8 Å². The molecule has 0 amide bonds. The Labute approximate surface area is 112 Å². The van der Waals surface area contributed by atoms with Crippen molar-refractivity contribution in [2.45, 2.75) is 29.6 Å². The van der Waals surface area contributed by atoms with Crippen LogP contribution in [0, 0.1) is 0 Å². The van der Waals surface area contributed by atoms with Crippen molar-refractivity contribution >= 4 is 11.8 Å². The maximum absolute atomic E-state index is 6.02. The Kier molecular flexibility index (Phi) is 3.16. The number of hydrogen-bond acceptors (Lipinski definition) is 4. The van der Waals surface area contributed by atoms with Gasteiger partial charge in [0.25, 0.3) is 0 Å². The maximum atomic E-state index is 6.02. The second-order valence-corrected chi connectivity index (χ2v) is 5.88. The number of thioether (sulfide) groups is 1. The standard InChI is InChI=1S/C14H19NO2S/c1-18-13-8-12-11(16-5-6-17-12)7-10(13)14(9-15)3-2-4-14/h7-8H,2-6,9,15H2,1H3. The Bertz CT molecular complexity index is 452. The molecule has 1 aromatic carbocycles. The van der Waals surface area contributed by atoms with Crippen LogP contribution in [0.15, 0.2) is 17.0 Å². The normalized spacial score (nSPS) is 20.3. The third kappa shape index (κ3) is 1.79. The number of rotatable bonds is 3. The molecule has 1 heterocycles. The molecule has 18 heavy (non-hydrogen) atoms. The lowest BCUT2D eigenvalue weighted by Gasteiger charge is -2.43. The third-order valence-electron chi connectivity index (χ3n) is 4.14. The van der Waals surface area contributed by atoms with Gasteiger partial charge in [0.05, 0.1) is 0 Å². The molecule has 1 aliphatic heterocycles. The number of fused-ring (bicyclic) bond motifs is 1. The average Bonchev–Trinajstić information content (AvgIpc) is 2.37. The van der Waals surface area contributed by atoms with E-state index in [2.05, 4.69) is 18.4 Å². The number of benzene rings is 1. The fraction of sp³-hybridized carbons (Fsp3) is 0.571. The van der Waals surface area contributed by atoms with Crippen molar-refractivity contribution in [3.05, 3.63) is 17.7 Å². The molecule has 0 radical (unpaired) electrons. The summed E-state index contributed by atoms with van der Waals surface area (Å²) in [5.41, 5.74) is 7.55. The van der Waals surface area contributed by atoms with E-state index in [0.29, 0.717) is 13.2 Å². The van der Waals surface area contributed by atoms with Crippen LogP contribution in [-0.2, 0) is 5.41 Å². The van der Waals surface area contributed by atoms with Gasteiger partial charge in [-0.3, -0.25) is 0 Å². The molecule has 1 aromatic rings. The largest absolute Gasteiger partial charge is 0.486 e. The molecule has 3 nitrogen and oxygen atoms in total. The van der Waals surface area contributed by atoms with Crippen LogP contribution in [0.3, 0.4) is 0 Å². The summed E-state index contributed by atoms with van der Waals surface area (Å²) in [6.07, 6.45) is 5.77. The zero-order valence-electron chi connectivity index (χ0n) is 10.7. The van der Waals surface area contributed by atoms with Crippen LogP contribution in [0.4, 0.5) is 0 Å². The molecular formula is C14H19NO2S. The van der Waals surface area contributed by atoms with Crippen LogP contribution in [0.2, 0.25) is 0 Å². The molecule has 3 rings (SSSR count). The minimum Gasteiger partial charge on any atom is -0.486 e. The van der Waals surface area contributed by atoms with E-state index < -0.39 is 0 Å². The molecule has 0 bridgehead atoms. The summed E-state index contributed by atoms with van der Waals surface area (Å²) < 4.78 is 11.3. The van der Waals surface area contributed by atoms with Gasteiger partial charge in [-0.1, -0.05) is 6.42 Å². The number of ether oxygens (including phenoxy) is 2. The zero-order valence-corrected chi connectivity index (χ0v) is 11.5. The van der Waals surface area contributed by atoms with Gasteiger partial charge < -0.3 is 15.2 Å². The summed E-state index contributed by atoms with van der Waals surface area (Å²) in [7, 11) is 0. The molecule has 0 saturated heterocycles. The van der Waals surface area contributed by atoms with Crippen molar-refractivity contribution in [2.75, 3.05) is 26.0 Å². The molecule has 0 atom stereocenters. The second kappa shape index (κ2) is 4.67. The first-order valence-electron chi connectivity index (χ1n) is 6.47. The Morgan fingerprint density at radius 3 is 2.39 bits per heavy atom. The van der Waals surface area contributed by atoms with E-state index in [4.69, 9.17) is 15.2 Å². The van der Waals surface area contributed by atoms with E-state index in [0.717, 1.165) is 18.0 Å². The van der Waals surface area contributed by atoms with E-state index in [9.17, 15) is 0 Å². The Morgan fingerprint density at radius 2 is 1.89 bits per heavy atom. The molecule has 0 spiro atoms. The molecule has 98 valence electrons. The van der Waals surface area contributed by atoms with Crippen LogP contribution in [0.5, 0.6) is 11.5 Å². The predicted molar refractivity (Wildman–Crippen MR) is 73.8 cm³/mol. The van der Waals surface area contributed by atoms with Gasteiger partial charge in [0, 0.05) is 16.9 Å². The van der Waals surface area contributed by atoms with Crippen LogP contribution < -0.4 is 15.2 Å². The van der Waals surface area contributed by atoms with Crippen LogP contribution in [0.25, 0.3) is 0 Å². The molecular weight excluding hydrogens is 246 g/mol. The van der Waals surface area contributed by atoms with Crippen molar-refractivity contribution in [1.29, 1.82) is 0 Å². The molecule has 2 N–H and O–H groups in total. The highest BCUT2D eigenvalue weighted by Crippen LogP contribution is 2.49. The van der Waals surface area contributed by atoms with E-state index >= 15 is 0 Å². The summed E-state index contributed by atoms with van der Waals surface area (Å²) in [6, 6.07) is 4.27. The van der Waals surface area contributed by atoms with Gasteiger partial charge in [-0.05, 0) is 36.8 Å². The molecule has 2 aliphatic rings. The highest BCUT2D eigenvalue weighted by atomic mass is 32.2. The zero-order chi connectivity index (χ0) is 12.6. The minimum absolute atomic E-state index is 0.175. The maximum Gasteiger partial charge on any atom is 0.162 e. The van der Waals surface area contributed by atoms with Gasteiger partial charge in [-0.2, -0.15) is 0 Å². The highest BCUT2D eigenvalue weighted by Gasteiger charge is 2.39. The minimum atomic E-state index is 0.175. The lowest BCUT2D eigenvalue weighted by atomic mass is 9.64. The summed E-state index contributed by atoms with van der Waals surface area (Å²) >= 11 is 1.77. The van der Waals surface area contributed by atoms with Crippen LogP contribution in [-0.4, -0.2) is 26.0 Å². The second-order valence-electron chi connectivity index (χ2n) is 5.03. The fourth-order valence-electron chi connectivity index (χ4n) is 2.84. The van der Waals surface area contributed by atoms with E-state index in [1.165, 1.54) is 29.7 Å². The van der Waals surface area contributed by atoms with Gasteiger partial charge in [0.15, 0.2) is 11.5 Å². The molecule has 0 unspecified atom stereocenters. The Balaban J connectivity index is 2.07. The molecule has 1 aliphatic carbocycles. The van der Waals surface area contributed by atoms with Crippen molar-refractivity contribution in [1.82, 2.24) is 0 Å². The van der Waals surface area contributed by atoms with E-state index in [1.807, 2.05) is 0 Å². The highest BCUT2D eigenvalue weighted by molar-refractivity contribution is 7.98. The van der Waals surface area contributed by atoms with Gasteiger partial charge >= 0.3 is 0 Å². The Hall–Kier alpha value is -0.870. The topological polar surface area (TPSA) is 44.5 Å².